The molecule has 0 aliphatic heterocycles. The zero-order valence-electron chi connectivity index (χ0n) is 17.1. The number of aryl methyl sites for hydroxylation is 1. The predicted molar refractivity (Wildman–Crippen MR) is 128 cm³/mol. The Morgan fingerprint density at radius 2 is 1.93 bits per heavy atom. The number of para-hydroxylation sites is 1. The second-order valence-electron chi connectivity index (χ2n) is 6.44. The number of hydrogen-bond acceptors (Lipinski definition) is 3. The zero-order chi connectivity index (χ0) is 19.8. The molecular formula is C22H28IN5O. The molecule has 0 atom stereocenters. The van der Waals surface area contributed by atoms with Crippen molar-refractivity contribution in [1.29, 1.82) is 0 Å². The van der Waals surface area contributed by atoms with E-state index in [0.29, 0.717) is 13.1 Å². The second-order valence-corrected chi connectivity index (χ2v) is 6.44. The summed E-state index contributed by atoms with van der Waals surface area (Å²) in [6, 6.07) is 16.3. The summed E-state index contributed by atoms with van der Waals surface area (Å²) in [4.78, 5) is 4.72. The minimum atomic E-state index is 0. The van der Waals surface area contributed by atoms with Crippen LogP contribution in [0.1, 0.15) is 23.6 Å². The molecule has 0 unspecified atom stereocenters. The average molecular weight is 505 g/mol. The third-order valence-electron chi connectivity index (χ3n) is 4.38. The number of benzene rings is 2. The molecule has 1 heterocycles. The maximum Gasteiger partial charge on any atom is 0.191 e. The van der Waals surface area contributed by atoms with Crippen molar-refractivity contribution in [3.05, 3.63) is 77.6 Å². The number of nitrogens with zero attached hydrogens (tertiary/aromatic N) is 3. The van der Waals surface area contributed by atoms with Crippen LogP contribution in [0, 0.1) is 6.92 Å². The molecule has 0 bridgehead atoms. The molecule has 0 spiro atoms. The number of nitrogens with one attached hydrogen (secondary N) is 2. The smallest absolute Gasteiger partial charge is 0.191 e. The first-order chi connectivity index (χ1) is 13.7. The van der Waals surface area contributed by atoms with Gasteiger partial charge in [-0.05, 0) is 43.2 Å². The Morgan fingerprint density at radius 1 is 1.10 bits per heavy atom. The van der Waals surface area contributed by atoms with Crippen LogP contribution in [-0.2, 0) is 13.1 Å². The molecule has 0 amide bonds. The SMILES string of the molecule is CCNC(=NCc1ccc(C)cc1OC)NCc1ccccc1-n1cccn1.I. The number of guanidine groups is 1. The van der Waals surface area contributed by atoms with E-state index >= 15 is 0 Å². The first-order valence-electron chi connectivity index (χ1n) is 9.45. The summed E-state index contributed by atoms with van der Waals surface area (Å²) in [5.41, 5.74) is 4.42. The molecule has 7 heteroatoms. The molecule has 29 heavy (non-hydrogen) atoms. The van der Waals surface area contributed by atoms with Crippen molar-refractivity contribution in [2.75, 3.05) is 13.7 Å². The lowest BCUT2D eigenvalue weighted by atomic mass is 10.1. The number of rotatable bonds is 7. The van der Waals surface area contributed by atoms with Gasteiger partial charge in [-0.3, -0.25) is 0 Å². The number of aromatic nitrogens is 2. The van der Waals surface area contributed by atoms with Gasteiger partial charge in [0.1, 0.15) is 5.75 Å². The lowest BCUT2D eigenvalue weighted by molar-refractivity contribution is 0.409. The van der Waals surface area contributed by atoms with E-state index in [1.807, 2.05) is 35.1 Å². The van der Waals surface area contributed by atoms with Crippen LogP contribution >= 0.6 is 24.0 Å². The zero-order valence-corrected chi connectivity index (χ0v) is 19.4. The summed E-state index contributed by atoms with van der Waals surface area (Å²) >= 11 is 0. The van der Waals surface area contributed by atoms with Crippen LogP contribution in [0.15, 0.2) is 65.9 Å². The summed E-state index contributed by atoms with van der Waals surface area (Å²) in [6.07, 6.45) is 3.73. The molecular weight excluding hydrogens is 477 g/mol. The standard InChI is InChI=1S/C22H27N5O.HI/c1-4-23-22(25-16-19-11-10-17(2)14-21(19)28-3)24-15-18-8-5-6-9-20(18)27-13-7-12-26-27;/h5-14H,4,15-16H2,1-3H3,(H2,23,24,25);1H. The molecule has 154 valence electrons. The van der Waals surface area contributed by atoms with Crippen molar-refractivity contribution >= 4 is 29.9 Å². The van der Waals surface area contributed by atoms with E-state index in [1.165, 1.54) is 5.56 Å². The summed E-state index contributed by atoms with van der Waals surface area (Å²) in [7, 11) is 1.69. The molecule has 2 N–H and O–H groups in total. The van der Waals surface area contributed by atoms with Gasteiger partial charge in [0.15, 0.2) is 5.96 Å². The van der Waals surface area contributed by atoms with Gasteiger partial charge in [0.2, 0.25) is 0 Å². The fourth-order valence-corrected chi connectivity index (χ4v) is 2.96. The molecule has 0 aliphatic rings. The second kappa shape index (κ2) is 11.5. The van der Waals surface area contributed by atoms with Crippen molar-refractivity contribution in [2.45, 2.75) is 26.9 Å². The van der Waals surface area contributed by atoms with E-state index in [9.17, 15) is 0 Å². The minimum absolute atomic E-state index is 0. The van der Waals surface area contributed by atoms with Gasteiger partial charge in [-0.25, -0.2) is 9.67 Å². The van der Waals surface area contributed by atoms with E-state index in [-0.39, 0.29) is 24.0 Å². The maximum absolute atomic E-state index is 5.49. The largest absolute Gasteiger partial charge is 0.496 e. The van der Waals surface area contributed by atoms with E-state index in [1.54, 1.807) is 13.3 Å². The molecule has 0 radical (unpaired) electrons. The molecule has 3 rings (SSSR count). The highest BCUT2D eigenvalue weighted by molar-refractivity contribution is 14.0. The molecule has 3 aromatic rings. The Hall–Kier alpha value is -2.55. The van der Waals surface area contributed by atoms with Crippen LogP contribution in [0.3, 0.4) is 0 Å². The van der Waals surface area contributed by atoms with Gasteiger partial charge in [-0.2, -0.15) is 5.10 Å². The molecule has 1 aromatic heterocycles. The molecule has 0 aliphatic carbocycles. The van der Waals surface area contributed by atoms with Gasteiger partial charge in [0.25, 0.3) is 0 Å². The van der Waals surface area contributed by atoms with Crippen LogP contribution in [0.2, 0.25) is 0 Å². The predicted octanol–water partition coefficient (Wildman–Crippen LogP) is 4.06. The quantitative estimate of drug-likeness (QED) is 0.289. The Balaban J connectivity index is 0.00000300. The van der Waals surface area contributed by atoms with Crippen molar-refractivity contribution in [3.8, 4) is 11.4 Å². The van der Waals surface area contributed by atoms with Crippen molar-refractivity contribution in [1.82, 2.24) is 20.4 Å². The topological polar surface area (TPSA) is 63.5 Å². The number of hydrogen-bond donors (Lipinski definition) is 2. The molecule has 0 saturated heterocycles. The van der Waals surface area contributed by atoms with E-state index in [2.05, 4.69) is 53.8 Å². The third-order valence-corrected chi connectivity index (χ3v) is 4.38. The highest BCUT2D eigenvalue weighted by Gasteiger charge is 2.07. The number of halogens is 1. The first kappa shape index (κ1) is 22.7. The van der Waals surface area contributed by atoms with E-state index in [4.69, 9.17) is 9.73 Å². The summed E-state index contributed by atoms with van der Waals surface area (Å²) < 4.78 is 7.36. The summed E-state index contributed by atoms with van der Waals surface area (Å²) in [6.45, 7) is 6.09. The van der Waals surface area contributed by atoms with Crippen LogP contribution in [0.5, 0.6) is 5.75 Å². The van der Waals surface area contributed by atoms with Crippen molar-refractivity contribution in [2.24, 2.45) is 4.99 Å². The van der Waals surface area contributed by atoms with Crippen LogP contribution in [-0.4, -0.2) is 29.4 Å². The van der Waals surface area contributed by atoms with Gasteiger partial charge < -0.3 is 15.4 Å². The Labute approximate surface area is 189 Å². The number of ether oxygens (including phenoxy) is 1. The molecule has 2 aromatic carbocycles. The summed E-state index contributed by atoms with van der Waals surface area (Å²) in [5, 5.41) is 11.1. The monoisotopic (exact) mass is 505 g/mol. The minimum Gasteiger partial charge on any atom is -0.496 e. The first-order valence-corrected chi connectivity index (χ1v) is 9.45. The molecule has 6 nitrogen and oxygen atoms in total. The van der Waals surface area contributed by atoms with Crippen LogP contribution in [0.25, 0.3) is 5.69 Å². The van der Waals surface area contributed by atoms with Gasteiger partial charge in [0, 0.05) is 31.0 Å². The van der Waals surface area contributed by atoms with Crippen LogP contribution < -0.4 is 15.4 Å². The Bertz CT molecular complexity index is 925. The highest BCUT2D eigenvalue weighted by atomic mass is 127. The third kappa shape index (κ3) is 6.22. The lowest BCUT2D eigenvalue weighted by Gasteiger charge is -2.14. The molecule has 0 saturated carbocycles. The fraction of sp³-hybridized carbons (Fsp3) is 0.273. The van der Waals surface area contributed by atoms with Gasteiger partial charge in [0.05, 0.1) is 19.3 Å². The maximum atomic E-state index is 5.49. The molecule has 0 fully saturated rings. The van der Waals surface area contributed by atoms with Crippen LogP contribution in [0.4, 0.5) is 0 Å². The lowest BCUT2D eigenvalue weighted by Crippen LogP contribution is -2.37. The Kier molecular flexibility index (Phi) is 8.98. The summed E-state index contributed by atoms with van der Waals surface area (Å²) in [5.74, 6) is 1.63. The van der Waals surface area contributed by atoms with Gasteiger partial charge in [-0.1, -0.05) is 30.3 Å². The van der Waals surface area contributed by atoms with Gasteiger partial charge in [-0.15, -0.1) is 24.0 Å². The highest BCUT2D eigenvalue weighted by Crippen LogP contribution is 2.20. The van der Waals surface area contributed by atoms with Gasteiger partial charge >= 0.3 is 0 Å². The number of aliphatic imine (C=N–C) groups is 1. The normalized spacial score (nSPS) is 10.9. The average Bonchev–Trinajstić information content (AvgIpc) is 3.25. The fourth-order valence-electron chi connectivity index (χ4n) is 2.96. The van der Waals surface area contributed by atoms with Crippen molar-refractivity contribution in [3.63, 3.8) is 0 Å². The van der Waals surface area contributed by atoms with Crippen molar-refractivity contribution < 1.29 is 4.74 Å². The number of methoxy groups -OCH3 is 1. The Morgan fingerprint density at radius 3 is 2.66 bits per heavy atom. The van der Waals surface area contributed by atoms with E-state index < -0.39 is 0 Å². The van der Waals surface area contributed by atoms with E-state index in [0.717, 1.165) is 35.1 Å².